The molecule has 0 aromatic carbocycles. The van der Waals surface area contributed by atoms with E-state index in [1.165, 1.54) is 19.1 Å². The van der Waals surface area contributed by atoms with Crippen LogP contribution in [0.4, 0.5) is 13.2 Å². The SMILES string of the molecule is CC1=NC(NC(=O)c2ccco2)(C(F)(F)F)C(=O)N1C1CCCCC1. The van der Waals surface area contributed by atoms with Crippen molar-refractivity contribution < 1.29 is 27.2 Å². The topological polar surface area (TPSA) is 74.9 Å². The standard InChI is InChI=1S/C16H18F3N3O3/c1-10-20-15(16(17,18)19,21-13(23)12-8-5-9-25-12)14(24)22(10)11-6-3-2-4-7-11/h5,8-9,11H,2-4,6-7H2,1H3,(H,21,23). The minimum absolute atomic E-state index is 0.0334. The minimum atomic E-state index is -5.07. The van der Waals surface area contributed by atoms with Gasteiger partial charge < -0.3 is 9.73 Å². The van der Waals surface area contributed by atoms with E-state index in [9.17, 15) is 22.8 Å². The second-order valence-electron chi connectivity index (χ2n) is 6.27. The molecule has 25 heavy (non-hydrogen) atoms. The van der Waals surface area contributed by atoms with E-state index in [0.29, 0.717) is 12.8 Å². The third kappa shape index (κ3) is 2.91. The van der Waals surface area contributed by atoms with Crippen molar-refractivity contribution in [3.05, 3.63) is 24.2 Å². The van der Waals surface area contributed by atoms with Crippen LogP contribution in [0.25, 0.3) is 0 Å². The van der Waals surface area contributed by atoms with Crippen LogP contribution in [0.5, 0.6) is 0 Å². The van der Waals surface area contributed by atoms with Gasteiger partial charge in [-0.15, -0.1) is 0 Å². The molecule has 1 aromatic rings. The smallest absolute Gasteiger partial charge is 0.442 e. The summed E-state index contributed by atoms with van der Waals surface area (Å²) in [6.45, 7) is 1.36. The Morgan fingerprint density at radius 1 is 1.36 bits per heavy atom. The first kappa shape index (κ1) is 17.5. The molecular weight excluding hydrogens is 339 g/mol. The summed E-state index contributed by atoms with van der Waals surface area (Å²) in [5.41, 5.74) is -3.31. The summed E-state index contributed by atoms with van der Waals surface area (Å²) < 4.78 is 46.2. The van der Waals surface area contributed by atoms with Crippen LogP contribution in [-0.2, 0) is 4.79 Å². The van der Waals surface area contributed by atoms with Crippen LogP contribution in [0.1, 0.15) is 49.6 Å². The van der Waals surface area contributed by atoms with Gasteiger partial charge in [-0.25, -0.2) is 4.99 Å². The van der Waals surface area contributed by atoms with E-state index >= 15 is 0 Å². The van der Waals surface area contributed by atoms with Gasteiger partial charge in [0.2, 0.25) is 0 Å². The molecule has 2 heterocycles. The Morgan fingerprint density at radius 3 is 2.60 bits per heavy atom. The molecule has 1 fully saturated rings. The number of nitrogens with one attached hydrogen (secondary N) is 1. The summed E-state index contributed by atoms with van der Waals surface area (Å²) in [5.74, 6) is -2.75. The van der Waals surface area contributed by atoms with Crippen molar-refractivity contribution in [3.8, 4) is 0 Å². The van der Waals surface area contributed by atoms with Crippen molar-refractivity contribution in [2.24, 2.45) is 4.99 Å². The van der Waals surface area contributed by atoms with E-state index in [2.05, 4.69) is 4.99 Å². The molecule has 0 saturated heterocycles. The van der Waals surface area contributed by atoms with Gasteiger partial charge in [-0.2, -0.15) is 13.2 Å². The molecule has 0 radical (unpaired) electrons. The van der Waals surface area contributed by atoms with Gasteiger partial charge in [0.05, 0.1) is 6.26 Å². The maximum absolute atomic E-state index is 13.8. The van der Waals surface area contributed by atoms with Crippen LogP contribution < -0.4 is 5.32 Å². The first-order valence-electron chi connectivity index (χ1n) is 8.09. The first-order valence-corrected chi connectivity index (χ1v) is 8.09. The predicted molar refractivity (Wildman–Crippen MR) is 81.8 cm³/mol. The third-order valence-electron chi connectivity index (χ3n) is 4.60. The van der Waals surface area contributed by atoms with Crippen molar-refractivity contribution >= 4 is 17.6 Å². The zero-order valence-corrected chi connectivity index (χ0v) is 13.6. The Labute approximate surface area is 142 Å². The zero-order valence-electron chi connectivity index (χ0n) is 13.6. The van der Waals surface area contributed by atoms with Gasteiger partial charge in [0, 0.05) is 6.04 Å². The molecule has 3 rings (SSSR count). The lowest BCUT2D eigenvalue weighted by molar-refractivity contribution is -0.197. The van der Waals surface area contributed by atoms with Crippen LogP contribution in [0.3, 0.4) is 0 Å². The Bertz CT molecular complexity index is 693. The molecule has 1 unspecified atom stereocenters. The van der Waals surface area contributed by atoms with Gasteiger partial charge in [-0.05, 0) is 31.9 Å². The number of amidine groups is 1. The molecule has 1 aliphatic carbocycles. The van der Waals surface area contributed by atoms with Crippen LogP contribution in [0.15, 0.2) is 27.8 Å². The molecule has 136 valence electrons. The fraction of sp³-hybridized carbons (Fsp3) is 0.562. The summed E-state index contributed by atoms with van der Waals surface area (Å²) in [6.07, 6.45) is 0.0240. The lowest BCUT2D eigenvalue weighted by Crippen LogP contribution is -2.64. The molecule has 1 saturated carbocycles. The highest BCUT2D eigenvalue weighted by molar-refractivity contribution is 6.10. The highest BCUT2D eigenvalue weighted by Gasteiger charge is 2.67. The number of hydrogen-bond donors (Lipinski definition) is 1. The maximum Gasteiger partial charge on any atom is 0.442 e. The summed E-state index contributed by atoms with van der Waals surface area (Å²) >= 11 is 0. The van der Waals surface area contributed by atoms with Gasteiger partial charge in [0.1, 0.15) is 5.84 Å². The molecule has 1 aliphatic heterocycles. The summed E-state index contributed by atoms with van der Waals surface area (Å²) in [5, 5.41) is 1.75. The lowest BCUT2D eigenvalue weighted by atomic mass is 9.93. The van der Waals surface area contributed by atoms with Gasteiger partial charge in [-0.3, -0.25) is 14.5 Å². The molecule has 1 aromatic heterocycles. The summed E-state index contributed by atoms with van der Waals surface area (Å²) in [7, 11) is 0. The van der Waals surface area contributed by atoms with Crippen molar-refractivity contribution in [1.82, 2.24) is 10.2 Å². The van der Waals surface area contributed by atoms with E-state index in [1.54, 1.807) is 5.32 Å². The monoisotopic (exact) mass is 357 g/mol. The molecule has 9 heteroatoms. The van der Waals surface area contributed by atoms with E-state index < -0.39 is 23.7 Å². The van der Waals surface area contributed by atoms with Crippen LogP contribution in [-0.4, -0.2) is 40.4 Å². The molecule has 1 atom stereocenters. The van der Waals surface area contributed by atoms with Crippen LogP contribution >= 0.6 is 0 Å². The number of aliphatic imine (C=N–C) groups is 1. The van der Waals surface area contributed by atoms with E-state index in [4.69, 9.17) is 4.42 Å². The summed E-state index contributed by atoms with van der Waals surface area (Å²) in [6, 6.07) is 2.26. The van der Waals surface area contributed by atoms with E-state index in [1.807, 2.05) is 0 Å². The van der Waals surface area contributed by atoms with E-state index in [-0.39, 0.29) is 17.6 Å². The largest absolute Gasteiger partial charge is 0.459 e. The molecule has 2 aliphatic rings. The van der Waals surface area contributed by atoms with Gasteiger partial charge in [-0.1, -0.05) is 19.3 Å². The molecule has 1 N–H and O–H groups in total. The van der Waals surface area contributed by atoms with Crippen LogP contribution in [0, 0.1) is 0 Å². The number of carbonyl (C=O) groups excluding carboxylic acids is 2. The number of hydrogen-bond acceptors (Lipinski definition) is 4. The molecule has 6 nitrogen and oxygen atoms in total. The molecular formula is C16H18F3N3O3. The quantitative estimate of drug-likeness (QED) is 0.904. The average molecular weight is 357 g/mol. The number of amides is 2. The Hall–Kier alpha value is -2.32. The number of rotatable bonds is 3. The van der Waals surface area contributed by atoms with E-state index in [0.717, 1.165) is 30.4 Å². The predicted octanol–water partition coefficient (Wildman–Crippen LogP) is 2.86. The summed E-state index contributed by atoms with van der Waals surface area (Å²) in [4.78, 5) is 29.5. The zero-order chi connectivity index (χ0) is 18.2. The van der Waals surface area contributed by atoms with Crippen molar-refractivity contribution in [2.75, 3.05) is 0 Å². The molecule has 0 bridgehead atoms. The van der Waals surface area contributed by atoms with Gasteiger partial charge >= 0.3 is 11.8 Å². The van der Waals surface area contributed by atoms with Crippen LogP contribution in [0.2, 0.25) is 0 Å². The molecule has 2 amide bonds. The number of nitrogens with zero attached hydrogens (tertiary/aromatic N) is 2. The lowest BCUT2D eigenvalue weighted by Gasteiger charge is -2.34. The van der Waals surface area contributed by atoms with Gasteiger partial charge in [0.15, 0.2) is 5.76 Å². The van der Waals surface area contributed by atoms with Crippen molar-refractivity contribution in [3.63, 3.8) is 0 Å². The number of furan rings is 1. The highest BCUT2D eigenvalue weighted by Crippen LogP contribution is 2.39. The number of alkyl halides is 3. The maximum atomic E-state index is 13.8. The fourth-order valence-electron chi connectivity index (χ4n) is 3.41. The van der Waals surface area contributed by atoms with Crippen molar-refractivity contribution in [2.45, 2.75) is 56.9 Å². The number of carbonyl (C=O) groups is 2. The Balaban J connectivity index is 1.93. The second-order valence-corrected chi connectivity index (χ2v) is 6.27. The number of halogens is 3. The highest BCUT2D eigenvalue weighted by atomic mass is 19.4. The van der Waals surface area contributed by atoms with Gasteiger partial charge in [0.25, 0.3) is 11.8 Å². The first-order chi connectivity index (χ1) is 11.8. The average Bonchev–Trinajstić information content (AvgIpc) is 3.16. The second kappa shape index (κ2) is 6.20. The molecule has 0 spiro atoms. The van der Waals surface area contributed by atoms with Crippen molar-refractivity contribution in [1.29, 1.82) is 0 Å². The normalized spacial score (nSPS) is 25.2. The Kier molecular flexibility index (Phi) is 4.34. The third-order valence-corrected chi connectivity index (χ3v) is 4.60. The Morgan fingerprint density at radius 2 is 2.04 bits per heavy atom. The minimum Gasteiger partial charge on any atom is -0.459 e. The fourth-order valence-corrected chi connectivity index (χ4v) is 3.41.